The average Bonchev–Trinajstić information content (AvgIpc) is 2.37. The summed E-state index contributed by atoms with van der Waals surface area (Å²) >= 11 is 0. The smallest absolute Gasteiger partial charge is 0.0906 e. The molecule has 17 heavy (non-hydrogen) atoms. The molecular formula is C15H23NO. The standard InChI is InChI=1S/C15H23NO/c1-11(10-16)15(2,17)14-8-7-12-5-3-4-6-13(12)9-14/h7-9,11,17H,3-6,10,16H2,1-2H3. The zero-order chi connectivity index (χ0) is 12.5. The van der Waals surface area contributed by atoms with Crippen molar-refractivity contribution in [2.24, 2.45) is 11.7 Å². The molecule has 0 fully saturated rings. The summed E-state index contributed by atoms with van der Waals surface area (Å²) in [6.45, 7) is 4.37. The van der Waals surface area contributed by atoms with Crippen LogP contribution in [-0.4, -0.2) is 11.7 Å². The van der Waals surface area contributed by atoms with Crippen LogP contribution in [0.1, 0.15) is 43.4 Å². The summed E-state index contributed by atoms with van der Waals surface area (Å²) in [5, 5.41) is 10.6. The van der Waals surface area contributed by atoms with Gasteiger partial charge in [-0.15, -0.1) is 0 Å². The zero-order valence-electron chi connectivity index (χ0n) is 10.9. The molecule has 3 N–H and O–H groups in total. The summed E-state index contributed by atoms with van der Waals surface area (Å²) in [6.07, 6.45) is 4.90. The predicted molar refractivity (Wildman–Crippen MR) is 70.9 cm³/mol. The van der Waals surface area contributed by atoms with Gasteiger partial charge >= 0.3 is 0 Å². The highest BCUT2D eigenvalue weighted by atomic mass is 16.3. The number of nitrogens with two attached hydrogens (primary N) is 1. The van der Waals surface area contributed by atoms with E-state index in [9.17, 15) is 5.11 Å². The van der Waals surface area contributed by atoms with Gasteiger partial charge in [-0.1, -0.05) is 25.1 Å². The molecule has 0 aromatic heterocycles. The Morgan fingerprint density at radius 3 is 2.59 bits per heavy atom. The van der Waals surface area contributed by atoms with Crippen molar-refractivity contribution in [2.45, 2.75) is 45.1 Å². The van der Waals surface area contributed by atoms with E-state index in [2.05, 4.69) is 18.2 Å². The molecule has 1 aliphatic rings. The SMILES string of the molecule is CC(CN)C(C)(O)c1ccc2c(c1)CCCC2. The molecule has 0 radical (unpaired) electrons. The van der Waals surface area contributed by atoms with E-state index in [1.54, 1.807) is 0 Å². The van der Waals surface area contributed by atoms with E-state index < -0.39 is 5.60 Å². The molecule has 2 nitrogen and oxygen atoms in total. The summed E-state index contributed by atoms with van der Waals surface area (Å²) in [4.78, 5) is 0. The first-order valence-electron chi connectivity index (χ1n) is 6.60. The minimum atomic E-state index is -0.818. The number of aryl methyl sites for hydroxylation is 2. The maximum atomic E-state index is 10.6. The summed E-state index contributed by atoms with van der Waals surface area (Å²) in [5.74, 6) is 0.0733. The number of hydrogen-bond acceptors (Lipinski definition) is 2. The lowest BCUT2D eigenvalue weighted by atomic mass is 9.81. The van der Waals surface area contributed by atoms with Crippen molar-refractivity contribution in [3.63, 3.8) is 0 Å². The predicted octanol–water partition coefficient (Wildman–Crippen LogP) is 2.37. The molecule has 0 bridgehead atoms. The minimum absolute atomic E-state index is 0.0733. The van der Waals surface area contributed by atoms with Gasteiger partial charge in [0.15, 0.2) is 0 Å². The molecule has 1 aliphatic carbocycles. The molecule has 0 saturated heterocycles. The monoisotopic (exact) mass is 233 g/mol. The maximum Gasteiger partial charge on any atom is 0.0906 e. The van der Waals surface area contributed by atoms with E-state index in [1.165, 1.54) is 30.4 Å². The first kappa shape index (κ1) is 12.6. The van der Waals surface area contributed by atoms with Gasteiger partial charge in [0.1, 0.15) is 0 Å². The summed E-state index contributed by atoms with van der Waals surface area (Å²) in [7, 11) is 0. The Kier molecular flexibility index (Phi) is 3.55. The molecule has 94 valence electrons. The maximum absolute atomic E-state index is 10.6. The minimum Gasteiger partial charge on any atom is -0.385 e. The Hall–Kier alpha value is -0.860. The fraction of sp³-hybridized carbons (Fsp3) is 0.600. The Labute approximate surface area is 104 Å². The van der Waals surface area contributed by atoms with Crippen LogP contribution >= 0.6 is 0 Å². The lowest BCUT2D eigenvalue weighted by molar-refractivity contribution is 0.00510. The van der Waals surface area contributed by atoms with Crippen molar-refractivity contribution >= 4 is 0 Å². The number of rotatable bonds is 3. The van der Waals surface area contributed by atoms with Crippen LogP contribution in [0.25, 0.3) is 0 Å². The third-order valence-electron chi connectivity index (χ3n) is 4.25. The van der Waals surface area contributed by atoms with Gasteiger partial charge in [-0.2, -0.15) is 0 Å². The van der Waals surface area contributed by atoms with Gasteiger partial charge in [-0.25, -0.2) is 0 Å². The molecule has 2 atom stereocenters. The van der Waals surface area contributed by atoms with Crippen molar-refractivity contribution < 1.29 is 5.11 Å². The molecular weight excluding hydrogens is 210 g/mol. The van der Waals surface area contributed by atoms with Crippen molar-refractivity contribution in [3.05, 3.63) is 34.9 Å². The molecule has 1 aromatic rings. The second kappa shape index (κ2) is 4.79. The van der Waals surface area contributed by atoms with Crippen molar-refractivity contribution in [1.82, 2.24) is 0 Å². The van der Waals surface area contributed by atoms with Crippen LogP contribution in [0.15, 0.2) is 18.2 Å². The molecule has 0 saturated carbocycles. The molecule has 0 aliphatic heterocycles. The topological polar surface area (TPSA) is 46.2 Å². The first-order valence-corrected chi connectivity index (χ1v) is 6.60. The first-order chi connectivity index (χ1) is 8.05. The molecule has 0 heterocycles. The van der Waals surface area contributed by atoms with Crippen LogP contribution in [0.5, 0.6) is 0 Å². The lowest BCUT2D eigenvalue weighted by Gasteiger charge is -2.31. The molecule has 2 rings (SSSR count). The Morgan fingerprint density at radius 2 is 1.94 bits per heavy atom. The molecule has 2 heteroatoms. The fourth-order valence-corrected chi connectivity index (χ4v) is 2.56. The van der Waals surface area contributed by atoms with Crippen molar-refractivity contribution in [3.8, 4) is 0 Å². The largest absolute Gasteiger partial charge is 0.385 e. The third kappa shape index (κ3) is 2.38. The van der Waals surface area contributed by atoms with Gasteiger partial charge in [-0.3, -0.25) is 0 Å². The quantitative estimate of drug-likeness (QED) is 0.842. The number of fused-ring (bicyclic) bond motifs is 1. The second-order valence-corrected chi connectivity index (χ2v) is 5.47. The Bertz CT molecular complexity index is 398. The van der Waals surface area contributed by atoms with Gasteiger partial charge < -0.3 is 10.8 Å². The van der Waals surface area contributed by atoms with Gasteiger partial charge in [0.25, 0.3) is 0 Å². The zero-order valence-corrected chi connectivity index (χ0v) is 10.9. The fourth-order valence-electron chi connectivity index (χ4n) is 2.56. The van der Waals surface area contributed by atoms with Crippen LogP contribution in [0, 0.1) is 5.92 Å². The third-order valence-corrected chi connectivity index (χ3v) is 4.25. The molecule has 0 spiro atoms. The Balaban J connectivity index is 2.33. The summed E-state index contributed by atoms with van der Waals surface area (Å²) in [6, 6.07) is 6.43. The van der Waals surface area contributed by atoms with Gasteiger partial charge in [-0.05, 0) is 55.8 Å². The molecule has 2 unspecified atom stereocenters. The summed E-state index contributed by atoms with van der Waals surface area (Å²) in [5.41, 5.74) is 8.74. The van der Waals surface area contributed by atoms with E-state index in [0.29, 0.717) is 6.54 Å². The Morgan fingerprint density at radius 1 is 1.29 bits per heavy atom. The molecule has 1 aromatic carbocycles. The van der Waals surface area contributed by atoms with Crippen LogP contribution in [0.2, 0.25) is 0 Å². The van der Waals surface area contributed by atoms with E-state index in [-0.39, 0.29) is 5.92 Å². The normalized spacial score (nSPS) is 20.5. The highest BCUT2D eigenvalue weighted by molar-refractivity contribution is 5.36. The highest BCUT2D eigenvalue weighted by Gasteiger charge is 2.30. The highest BCUT2D eigenvalue weighted by Crippen LogP contribution is 2.32. The van der Waals surface area contributed by atoms with Crippen LogP contribution in [0.3, 0.4) is 0 Å². The second-order valence-electron chi connectivity index (χ2n) is 5.47. The van der Waals surface area contributed by atoms with Crippen molar-refractivity contribution in [2.75, 3.05) is 6.54 Å². The van der Waals surface area contributed by atoms with E-state index in [4.69, 9.17) is 5.73 Å². The summed E-state index contributed by atoms with van der Waals surface area (Å²) < 4.78 is 0. The molecule has 0 amide bonds. The number of benzene rings is 1. The van der Waals surface area contributed by atoms with Gasteiger partial charge in [0, 0.05) is 5.92 Å². The number of aliphatic hydroxyl groups is 1. The van der Waals surface area contributed by atoms with Crippen LogP contribution < -0.4 is 5.73 Å². The van der Waals surface area contributed by atoms with Crippen molar-refractivity contribution in [1.29, 1.82) is 0 Å². The number of hydrogen-bond donors (Lipinski definition) is 2. The average molecular weight is 233 g/mol. The van der Waals surface area contributed by atoms with E-state index in [0.717, 1.165) is 12.0 Å². The van der Waals surface area contributed by atoms with E-state index in [1.807, 2.05) is 13.8 Å². The van der Waals surface area contributed by atoms with Gasteiger partial charge in [0.2, 0.25) is 0 Å². The lowest BCUT2D eigenvalue weighted by Crippen LogP contribution is -2.35. The van der Waals surface area contributed by atoms with Crippen LogP contribution in [-0.2, 0) is 18.4 Å². The van der Waals surface area contributed by atoms with Gasteiger partial charge in [0.05, 0.1) is 5.60 Å². The van der Waals surface area contributed by atoms with Crippen LogP contribution in [0.4, 0.5) is 0 Å². The van der Waals surface area contributed by atoms with E-state index >= 15 is 0 Å².